The van der Waals surface area contributed by atoms with Gasteiger partial charge in [0.05, 0.1) is 7.11 Å². The zero-order valence-electron chi connectivity index (χ0n) is 15.3. The summed E-state index contributed by atoms with van der Waals surface area (Å²) in [5.41, 5.74) is 1.06. The highest BCUT2D eigenvalue weighted by atomic mass is 16.6. The Bertz CT molecular complexity index is 985. The van der Waals surface area contributed by atoms with E-state index in [0.717, 1.165) is 22.1 Å². The predicted molar refractivity (Wildman–Crippen MR) is 103 cm³/mol. The molecule has 3 aromatic rings. The van der Waals surface area contributed by atoms with Gasteiger partial charge in [-0.1, -0.05) is 30.3 Å². The van der Waals surface area contributed by atoms with Crippen LogP contribution in [0.4, 0.5) is 0 Å². The lowest BCUT2D eigenvalue weighted by atomic mass is 10.1. The highest BCUT2D eigenvalue weighted by Gasteiger charge is 2.29. The van der Waals surface area contributed by atoms with Crippen molar-refractivity contribution >= 4 is 16.7 Å². The summed E-state index contributed by atoms with van der Waals surface area (Å²) in [6.45, 7) is 0.722. The van der Waals surface area contributed by atoms with Gasteiger partial charge in [-0.05, 0) is 46.7 Å². The fourth-order valence-corrected chi connectivity index (χ4v) is 3.24. The molecule has 0 aromatic heterocycles. The second-order valence-electron chi connectivity index (χ2n) is 6.61. The van der Waals surface area contributed by atoms with Crippen LogP contribution >= 0.6 is 0 Å². The van der Waals surface area contributed by atoms with Crippen molar-refractivity contribution in [3.63, 3.8) is 0 Å². The maximum absolute atomic E-state index is 12.8. The number of carbonyl (C=O) groups excluding carboxylic acids is 1. The second-order valence-corrected chi connectivity index (χ2v) is 6.61. The number of methoxy groups -OCH3 is 1. The third kappa shape index (κ3) is 3.53. The van der Waals surface area contributed by atoms with E-state index in [9.17, 15) is 4.79 Å². The van der Waals surface area contributed by atoms with E-state index in [1.165, 1.54) is 0 Å². The summed E-state index contributed by atoms with van der Waals surface area (Å²) in [6, 6.07) is 19.5. The molecule has 0 unspecified atom stereocenters. The van der Waals surface area contributed by atoms with Gasteiger partial charge in [0.15, 0.2) is 11.5 Å². The van der Waals surface area contributed by atoms with Crippen LogP contribution in [0.25, 0.3) is 10.8 Å². The molecule has 0 saturated carbocycles. The first-order chi connectivity index (χ1) is 13.1. The van der Waals surface area contributed by atoms with Crippen molar-refractivity contribution in [2.24, 2.45) is 0 Å². The molecule has 1 amide bonds. The number of hydrogen-bond donors (Lipinski definition) is 0. The average molecular weight is 363 g/mol. The Morgan fingerprint density at radius 1 is 1.07 bits per heavy atom. The fourth-order valence-electron chi connectivity index (χ4n) is 3.24. The molecule has 5 heteroatoms. The van der Waals surface area contributed by atoms with Crippen LogP contribution in [0.5, 0.6) is 17.2 Å². The molecular weight excluding hydrogens is 342 g/mol. The Morgan fingerprint density at radius 2 is 1.81 bits per heavy atom. The van der Waals surface area contributed by atoms with Crippen LogP contribution in [-0.2, 0) is 11.3 Å². The van der Waals surface area contributed by atoms with Gasteiger partial charge >= 0.3 is 0 Å². The summed E-state index contributed by atoms with van der Waals surface area (Å²) in [7, 11) is 3.44. The van der Waals surface area contributed by atoms with Gasteiger partial charge < -0.3 is 19.1 Å². The minimum absolute atomic E-state index is 0.0978. The van der Waals surface area contributed by atoms with E-state index < -0.39 is 6.10 Å². The minimum Gasteiger partial charge on any atom is -0.497 e. The maximum Gasteiger partial charge on any atom is 0.267 e. The number of hydrogen-bond acceptors (Lipinski definition) is 4. The Hall–Kier alpha value is -3.21. The third-order valence-corrected chi connectivity index (χ3v) is 4.69. The van der Waals surface area contributed by atoms with Gasteiger partial charge in [0, 0.05) is 13.6 Å². The lowest BCUT2D eigenvalue weighted by molar-refractivity contribution is -0.140. The Morgan fingerprint density at radius 3 is 2.63 bits per heavy atom. The highest BCUT2D eigenvalue weighted by Crippen LogP contribution is 2.31. The molecule has 1 aliphatic heterocycles. The van der Waals surface area contributed by atoms with Crippen molar-refractivity contribution in [3.05, 3.63) is 66.2 Å². The summed E-state index contributed by atoms with van der Waals surface area (Å²) in [6.07, 6.45) is -0.630. The summed E-state index contributed by atoms with van der Waals surface area (Å²) < 4.78 is 16.7. The summed E-state index contributed by atoms with van der Waals surface area (Å²) in [5.74, 6) is 2.01. The highest BCUT2D eigenvalue weighted by molar-refractivity contribution is 5.85. The number of para-hydroxylation sites is 2. The van der Waals surface area contributed by atoms with Gasteiger partial charge in [-0.15, -0.1) is 0 Å². The zero-order chi connectivity index (χ0) is 18.8. The molecular formula is C22H21NO4. The number of rotatable bonds is 4. The van der Waals surface area contributed by atoms with Gasteiger partial charge in [0.1, 0.15) is 12.4 Å². The molecule has 1 aliphatic rings. The molecule has 3 aromatic carbocycles. The van der Waals surface area contributed by atoms with Crippen LogP contribution in [0.2, 0.25) is 0 Å². The molecule has 0 saturated heterocycles. The summed E-state index contributed by atoms with van der Waals surface area (Å²) >= 11 is 0. The van der Waals surface area contributed by atoms with E-state index in [4.69, 9.17) is 14.2 Å². The number of fused-ring (bicyclic) bond motifs is 2. The molecule has 138 valence electrons. The van der Waals surface area contributed by atoms with Crippen LogP contribution in [0, 0.1) is 0 Å². The van der Waals surface area contributed by atoms with Crippen LogP contribution in [-0.4, -0.2) is 37.7 Å². The molecule has 0 N–H and O–H groups in total. The van der Waals surface area contributed by atoms with Gasteiger partial charge in [0.2, 0.25) is 6.10 Å². The smallest absolute Gasteiger partial charge is 0.267 e. The predicted octanol–water partition coefficient (Wildman–Crippen LogP) is 3.65. The number of ether oxygens (including phenoxy) is 3. The molecule has 0 spiro atoms. The van der Waals surface area contributed by atoms with E-state index >= 15 is 0 Å². The standard InChI is InChI=1S/C22H21NO4/c1-23(22(24)21-14-26-19-5-3-4-6-20(19)27-21)13-15-7-8-17-12-18(25-2)10-9-16(17)11-15/h3-12,21H,13-14H2,1-2H3/t21-/m1/s1. The third-order valence-electron chi connectivity index (χ3n) is 4.69. The van der Waals surface area contributed by atoms with E-state index in [0.29, 0.717) is 18.0 Å². The van der Waals surface area contributed by atoms with Crippen LogP contribution in [0.15, 0.2) is 60.7 Å². The first-order valence-electron chi connectivity index (χ1n) is 8.84. The summed E-state index contributed by atoms with van der Waals surface area (Å²) in [4.78, 5) is 14.4. The molecule has 0 fully saturated rings. The Labute approximate surface area is 158 Å². The molecule has 0 bridgehead atoms. The van der Waals surface area contributed by atoms with Gasteiger partial charge in [-0.2, -0.15) is 0 Å². The molecule has 1 heterocycles. The number of carbonyl (C=O) groups is 1. The van der Waals surface area contributed by atoms with Crippen molar-refractivity contribution in [2.45, 2.75) is 12.6 Å². The van der Waals surface area contributed by atoms with E-state index in [-0.39, 0.29) is 12.5 Å². The molecule has 1 atom stereocenters. The Balaban J connectivity index is 1.46. The molecule has 0 aliphatic carbocycles. The fraction of sp³-hybridized carbons (Fsp3) is 0.227. The largest absolute Gasteiger partial charge is 0.497 e. The van der Waals surface area contributed by atoms with Gasteiger partial charge in [-0.3, -0.25) is 4.79 Å². The SMILES string of the molecule is COc1ccc2cc(CN(C)C(=O)[C@H]3COc4ccccc4O3)ccc2c1. The summed E-state index contributed by atoms with van der Waals surface area (Å²) in [5, 5.41) is 2.22. The number of nitrogens with zero attached hydrogens (tertiary/aromatic N) is 1. The van der Waals surface area contributed by atoms with Crippen LogP contribution < -0.4 is 14.2 Å². The molecule has 5 nitrogen and oxygen atoms in total. The number of likely N-dealkylation sites (N-methyl/N-ethyl adjacent to an activating group) is 1. The maximum atomic E-state index is 12.8. The van der Waals surface area contributed by atoms with Gasteiger partial charge in [-0.25, -0.2) is 0 Å². The first-order valence-corrected chi connectivity index (χ1v) is 8.84. The quantitative estimate of drug-likeness (QED) is 0.710. The van der Waals surface area contributed by atoms with Crippen molar-refractivity contribution in [3.8, 4) is 17.2 Å². The van der Waals surface area contributed by atoms with Gasteiger partial charge in [0.25, 0.3) is 5.91 Å². The zero-order valence-corrected chi connectivity index (χ0v) is 15.3. The van der Waals surface area contributed by atoms with E-state index in [1.54, 1.807) is 19.1 Å². The van der Waals surface area contributed by atoms with Crippen molar-refractivity contribution in [1.29, 1.82) is 0 Å². The average Bonchev–Trinajstić information content (AvgIpc) is 2.72. The molecule has 4 rings (SSSR count). The van der Waals surface area contributed by atoms with Crippen molar-refractivity contribution < 1.29 is 19.0 Å². The van der Waals surface area contributed by atoms with Crippen molar-refractivity contribution in [2.75, 3.05) is 20.8 Å². The molecule has 0 radical (unpaired) electrons. The van der Waals surface area contributed by atoms with E-state index in [2.05, 4.69) is 6.07 Å². The normalized spacial score (nSPS) is 15.4. The van der Waals surface area contributed by atoms with Crippen molar-refractivity contribution in [1.82, 2.24) is 4.90 Å². The van der Waals surface area contributed by atoms with Crippen LogP contribution in [0.1, 0.15) is 5.56 Å². The topological polar surface area (TPSA) is 48.0 Å². The first kappa shape index (κ1) is 17.2. The number of benzene rings is 3. The Kier molecular flexibility index (Phi) is 4.59. The monoisotopic (exact) mass is 363 g/mol. The van der Waals surface area contributed by atoms with E-state index in [1.807, 2.05) is 54.6 Å². The lowest BCUT2D eigenvalue weighted by Gasteiger charge is -2.29. The lowest BCUT2D eigenvalue weighted by Crippen LogP contribution is -2.44. The van der Waals surface area contributed by atoms with Crippen LogP contribution in [0.3, 0.4) is 0 Å². The minimum atomic E-state index is -0.630. The molecule has 27 heavy (non-hydrogen) atoms. The number of amides is 1. The second kappa shape index (κ2) is 7.19.